The van der Waals surface area contributed by atoms with Crippen LogP contribution >= 0.6 is 34.8 Å². The van der Waals surface area contributed by atoms with E-state index in [9.17, 15) is 0 Å². The lowest BCUT2D eigenvalue weighted by molar-refractivity contribution is 0.171. The number of ether oxygens (including phenoxy) is 2. The van der Waals surface area contributed by atoms with E-state index < -0.39 is 0 Å². The van der Waals surface area contributed by atoms with Gasteiger partial charge in [0.2, 0.25) is 0 Å². The minimum absolute atomic E-state index is 0.158. The molecule has 0 atom stereocenters. The van der Waals surface area contributed by atoms with Crippen molar-refractivity contribution in [2.75, 3.05) is 18.6 Å². The highest BCUT2D eigenvalue weighted by atomic mass is 35.5. The van der Waals surface area contributed by atoms with Gasteiger partial charge in [-0.05, 0) is 31.2 Å². The van der Waals surface area contributed by atoms with Crippen molar-refractivity contribution < 1.29 is 9.47 Å². The Morgan fingerprint density at radius 3 is 2.61 bits per heavy atom. The quantitative estimate of drug-likeness (QED) is 0.484. The fourth-order valence-electron chi connectivity index (χ4n) is 1.99. The summed E-state index contributed by atoms with van der Waals surface area (Å²) in [4.78, 5) is 4.05. The number of pyridine rings is 1. The number of hydrogen-bond donors (Lipinski definition) is 1. The summed E-state index contributed by atoms with van der Waals surface area (Å²) in [6, 6.07) is 7.14. The van der Waals surface area contributed by atoms with Crippen LogP contribution in [0.3, 0.4) is 0 Å². The lowest BCUT2D eigenvalue weighted by atomic mass is 10.1. The third-order valence-corrected chi connectivity index (χ3v) is 4.14. The molecule has 1 aromatic carbocycles. The van der Waals surface area contributed by atoms with Crippen LogP contribution in [0.1, 0.15) is 12.5 Å². The second kappa shape index (κ2) is 6.83. The number of hydrogen-bond acceptors (Lipinski definition) is 5. The van der Waals surface area contributed by atoms with Crippen LogP contribution in [0.4, 0.5) is 5.82 Å². The molecule has 0 spiro atoms. The molecule has 0 bridgehead atoms. The molecule has 0 saturated heterocycles. The number of nitrogens with one attached hydrogen (secondary N) is 1. The molecule has 2 aromatic rings. The average molecular weight is 373 g/mol. The molecule has 8 heteroatoms. The molecule has 23 heavy (non-hydrogen) atoms. The first-order valence-electron chi connectivity index (χ1n) is 6.76. The molecule has 0 fully saturated rings. The highest BCUT2D eigenvalue weighted by molar-refractivity contribution is 6.42. The Bertz CT molecular complexity index is 781. The van der Waals surface area contributed by atoms with Gasteiger partial charge in [0.05, 0.1) is 15.8 Å². The van der Waals surface area contributed by atoms with Crippen molar-refractivity contribution in [2.45, 2.75) is 6.92 Å². The Balaban J connectivity index is 1.81. The zero-order valence-electron chi connectivity index (χ0n) is 12.1. The van der Waals surface area contributed by atoms with Crippen molar-refractivity contribution in [1.82, 2.24) is 4.98 Å². The lowest BCUT2D eigenvalue weighted by Crippen LogP contribution is -2.15. The Morgan fingerprint density at radius 2 is 1.83 bits per heavy atom. The monoisotopic (exact) mass is 371 g/mol. The van der Waals surface area contributed by atoms with Gasteiger partial charge in [-0.25, -0.2) is 4.98 Å². The summed E-state index contributed by atoms with van der Waals surface area (Å²) < 4.78 is 11.1. The zero-order valence-corrected chi connectivity index (χ0v) is 14.3. The minimum Gasteiger partial charge on any atom is -0.486 e. The molecule has 1 aromatic heterocycles. The number of benzene rings is 1. The second-order valence-corrected chi connectivity index (χ2v) is 5.93. The van der Waals surface area contributed by atoms with Gasteiger partial charge < -0.3 is 9.47 Å². The summed E-state index contributed by atoms with van der Waals surface area (Å²) >= 11 is 17.8. The molecule has 120 valence electrons. The normalized spacial score (nSPS) is 13.8. The third kappa shape index (κ3) is 3.63. The number of anilines is 1. The molecule has 0 radical (unpaired) electrons. The standard InChI is InChI=1S/C15H12Cl3N3O2/c1-8(9-2-3-12-13(6-9)23-5-4-22-12)20-21-15-11(17)7-10(16)14(18)19-15/h2-3,6-7H,4-5H2,1H3,(H,19,21)/b20-8+. The summed E-state index contributed by atoms with van der Waals surface area (Å²) in [5.74, 6) is 1.77. The van der Waals surface area contributed by atoms with Gasteiger partial charge in [-0.2, -0.15) is 5.10 Å². The highest BCUT2D eigenvalue weighted by Crippen LogP contribution is 2.31. The van der Waals surface area contributed by atoms with Gasteiger partial charge in [0, 0.05) is 5.56 Å². The van der Waals surface area contributed by atoms with Crippen LogP contribution in [0.15, 0.2) is 29.4 Å². The Hall–Kier alpha value is -1.69. The first-order valence-corrected chi connectivity index (χ1v) is 7.90. The van der Waals surface area contributed by atoms with Crippen LogP contribution in [-0.2, 0) is 0 Å². The summed E-state index contributed by atoms with van der Waals surface area (Å²) in [5, 5.41) is 5.04. The van der Waals surface area contributed by atoms with E-state index in [2.05, 4.69) is 15.5 Å². The number of nitrogens with zero attached hydrogens (tertiary/aromatic N) is 2. The molecule has 0 aliphatic carbocycles. The Labute approximate surface area is 148 Å². The van der Waals surface area contributed by atoms with Crippen LogP contribution in [0.25, 0.3) is 0 Å². The third-order valence-electron chi connectivity index (χ3n) is 3.18. The summed E-state index contributed by atoms with van der Waals surface area (Å²) in [6.07, 6.45) is 0. The predicted molar refractivity (Wildman–Crippen MR) is 92.5 cm³/mol. The molecule has 3 rings (SSSR count). The number of aromatic nitrogens is 1. The van der Waals surface area contributed by atoms with Crippen LogP contribution < -0.4 is 14.9 Å². The maximum atomic E-state index is 6.05. The first-order chi connectivity index (χ1) is 11.0. The van der Waals surface area contributed by atoms with E-state index in [1.165, 1.54) is 6.07 Å². The summed E-state index contributed by atoms with van der Waals surface area (Å²) in [6.45, 7) is 2.94. The Kier molecular flexibility index (Phi) is 4.80. The van der Waals surface area contributed by atoms with E-state index in [1.54, 1.807) is 0 Å². The predicted octanol–water partition coefficient (Wildman–Crippen LogP) is 4.65. The second-order valence-electron chi connectivity index (χ2n) is 4.76. The van der Waals surface area contributed by atoms with Gasteiger partial charge in [0.1, 0.15) is 18.4 Å². The summed E-state index contributed by atoms with van der Waals surface area (Å²) in [7, 11) is 0. The minimum atomic E-state index is 0.158. The highest BCUT2D eigenvalue weighted by Gasteiger charge is 2.13. The molecule has 0 unspecified atom stereocenters. The number of rotatable bonds is 3. The molecule has 0 amide bonds. The van der Waals surface area contributed by atoms with E-state index in [4.69, 9.17) is 44.3 Å². The fourth-order valence-corrected chi connectivity index (χ4v) is 2.53. The van der Waals surface area contributed by atoms with Gasteiger partial charge in [-0.15, -0.1) is 0 Å². The van der Waals surface area contributed by atoms with Crippen LogP contribution in [0.5, 0.6) is 11.5 Å². The molecule has 2 heterocycles. The topological polar surface area (TPSA) is 55.7 Å². The first kappa shape index (κ1) is 16.2. The van der Waals surface area contributed by atoms with Gasteiger partial charge >= 0.3 is 0 Å². The van der Waals surface area contributed by atoms with Crippen molar-refractivity contribution in [3.05, 3.63) is 45.0 Å². The van der Waals surface area contributed by atoms with E-state index in [0.29, 0.717) is 29.8 Å². The molecule has 1 aliphatic rings. The summed E-state index contributed by atoms with van der Waals surface area (Å²) in [5.41, 5.74) is 4.40. The zero-order chi connectivity index (χ0) is 16.4. The maximum absolute atomic E-state index is 6.05. The maximum Gasteiger partial charge on any atom is 0.166 e. The van der Waals surface area contributed by atoms with Gasteiger partial charge in [-0.1, -0.05) is 34.8 Å². The lowest BCUT2D eigenvalue weighted by Gasteiger charge is -2.18. The van der Waals surface area contributed by atoms with E-state index in [0.717, 1.165) is 17.0 Å². The van der Waals surface area contributed by atoms with Crippen molar-refractivity contribution in [3.8, 4) is 11.5 Å². The van der Waals surface area contributed by atoms with Gasteiger partial charge in [0.25, 0.3) is 0 Å². The molecular weight excluding hydrogens is 361 g/mol. The van der Waals surface area contributed by atoms with Crippen molar-refractivity contribution >= 4 is 46.3 Å². The number of hydrazone groups is 1. The molecule has 5 nitrogen and oxygen atoms in total. The van der Waals surface area contributed by atoms with Crippen molar-refractivity contribution in [3.63, 3.8) is 0 Å². The molecule has 1 aliphatic heterocycles. The van der Waals surface area contributed by atoms with Gasteiger partial charge in [0.15, 0.2) is 17.3 Å². The van der Waals surface area contributed by atoms with Crippen LogP contribution in [0.2, 0.25) is 15.2 Å². The van der Waals surface area contributed by atoms with E-state index in [-0.39, 0.29) is 10.2 Å². The average Bonchev–Trinajstić information content (AvgIpc) is 2.56. The van der Waals surface area contributed by atoms with Crippen LogP contribution in [-0.4, -0.2) is 23.9 Å². The fraction of sp³-hybridized carbons (Fsp3) is 0.200. The molecule has 1 N–H and O–H groups in total. The Morgan fingerprint density at radius 1 is 1.09 bits per heavy atom. The molecule has 0 saturated carbocycles. The largest absolute Gasteiger partial charge is 0.486 e. The number of fused-ring (bicyclic) bond motifs is 1. The van der Waals surface area contributed by atoms with Crippen LogP contribution in [0, 0.1) is 0 Å². The van der Waals surface area contributed by atoms with E-state index >= 15 is 0 Å². The van der Waals surface area contributed by atoms with Crippen molar-refractivity contribution in [1.29, 1.82) is 0 Å². The smallest absolute Gasteiger partial charge is 0.166 e. The van der Waals surface area contributed by atoms with Gasteiger partial charge in [-0.3, -0.25) is 5.43 Å². The van der Waals surface area contributed by atoms with Crippen molar-refractivity contribution in [2.24, 2.45) is 5.10 Å². The van der Waals surface area contributed by atoms with E-state index in [1.807, 2.05) is 25.1 Å². The number of halogens is 3. The molecular formula is C15H12Cl3N3O2. The SMILES string of the molecule is C/C(=N\Nc1nc(Cl)c(Cl)cc1Cl)c1ccc2c(c1)OCCO2.